The normalized spacial score (nSPS) is 27.6. The molecule has 0 amide bonds. The van der Waals surface area contributed by atoms with Crippen molar-refractivity contribution in [2.24, 2.45) is 5.41 Å². The zero-order valence-corrected chi connectivity index (χ0v) is 13.1. The molecule has 0 aromatic rings. The van der Waals surface area contributed by atoms with E-state index < -0.39 is 0 Å². The number of hydrogen-bond donors (Lipinski definition) is 2. The number of rotatable bonds is 7. The maximum atomic E-state index is 9.61. The molecule has 118 valence electrons. The van der Waals surface area contributed by atoms with Crippen LogP contribution in [-0.4, -0.2) is 62.0 Å². The number of piperidine rings is 1. The summed E-state index contributed by atoms with van der Waals surface area (Å²) in [7, 11) is 0. The molecule has 2 rings (SSSR count). The molecular formula is C16H32N2O2. The first-order chi connectivity index (χ1) is 9.79. The summed E-state index contributed by atoms with van der Waals surface area (Å²) in [6, 6.07) is 0.384. The largest absolute Gasteiger partial charge is 0.395 e. The van der Waals surface area contributed by atoms with E-state index >= 15 is 0 Å². The third kappa shape index (κ3) is 4.42. The molecule has 2 fully saturated rings. The summed E-state index contributed by atoms with van der Waals surface area (Å²) in [5.41, 5.74) is 0.345. The number of aliphatic hydroxyl groups is 1. The molecule has 2 aliphatic heterocycles. The van der Waals surface area contributed by atoms with E-state index in [0.29, 0.717) is 18.1 Å². The minimum Gasteiger partial charge on any atom is -0.395 e. The number of likely N-dealkylation sites (tertiary alicyclic amines) is 1. The van der Waals surface area contributed by atoms with Crippen molar-refractivity contribution in [1.82, 2.24) is 10.2 Å². The standard InChI is InChI=1S/C16H32N2O2/c1-2-8-17-13-16(6-10-20-11-7-16)14-18-9-4-3-5-15(18)12-19/h15,17,19H,2-14H2,1H3. The highest BCUT2D eigenvalue weighted by molar-refractivity contribution is 4.90. The Bertz CT molecular complexity index is 267. The van der Waals surface area contributed by atoms with E-state index in [9.17, 15) is 5.11 Å². The fourth-order valence-corrected chi connectivity index (χ4v) is 3.63. The minimum atomic E-state index is 0.314. The van der Waals surface area contributed by atoms with Gasteiger partial charge >= 0.3 is 0 Å². The van der Waals surface area contributed by atoms with Crippen molar-refractivity contribution in [3.05, 3.63) is 0 Å². The van der Waals surface area contributed by atoms with E-state index in [0.717, 1.165) is 58.7 Å². The Balaban J connectivity index is 1.94. The lowest BCUT2D eigenvalue weighted by Crippen LogP contribution is -2.52. The van der Waals surface area contributed by atoms with Crippen LogP contribution in [0.1, 0.15) is 45.4 Å². The average molecular weight is 284 g/mol. The van der Waals surface area contributed by atoms with Gasteiger partial charge in [0.1, 0.15) is 0 Å². The lowest BCUT2D eigenvalue weighted by molar-refractivity contribution is -0.0238. The van der Waals surface area contributed by atoms with Gasteiger partial charge in [-0.15, -0.1) is 0 Å². The van der Waals surface area contributed by atoms with Crippen LogP contribution in [0.4, 0.5) is 0 Å². The van der Waals surface area contributed by atoms with Gasteiger partial charge in [-0.05, 0) is 50.6 Å². The van der Waals surface area contributed by atoms with Gasteiger partial charge in [0.05, 0.1) is 6.61 Å². The van der Waals surface area contributed by atoms with Crippen molar-refractivity contribution >= 4 is 0 Å². The zero-order chi connectivity index (χ0) is 14.3. The summed E-state index contributed by atoms with van der Waals surface area (Å²) < 4.78 is 5.58. The second-order valence-electron chi connectivity index (χ2n) is 6.59. The quantitative estimate of drug-likeness (QED) is 0.698. The highest BCUT2D eigenvalue weighted by Gasteiger charge is 2.36. The second kappa shape index (κ2) is 8.32. The van der Waals surface area contributed by atoms with Gasteiger partial charge in [0.2, 0.25) is 0 Å². The third-order valence-electron chi connectivity index (χ3n) is 4.98. The molecule has 1 atom stereocenters. The molecule has 2 heterocycles. The lowest BCUT2D eigenvalue weighted by Gasteiger charge is -2.45. The predicted molar refractivity (Wildman–Crippen MR) is 81.9 cm³/mol. The first-order valence-corrected chi connectivity index (χ1v) is 8.43. The third-order valence-corrected chi connectivity index (χ3v) is 4.98. The summed E-state index contributed by atoms with van der Waals surface area (Å²) in [6.07, 6.45) is 7.20. The maximum Gasteiger partial charge on any atom is 0.0586 e. The Labute approximate surface area is 123 Å². The number of nitrogens with zero attached hydrogens (tertiary/aromatic N) is 1. The Hall–Kier alpha value is -0.160. The van der Waals surface area contributed by atoms with Crippen molar-refractivity contribution in [2.75, 3.05) is 46.0 Å². The SMILES string of the molecule is CCCNCC1(CN2CCCCC2CO)CCOCC1. The molecule has 4 nitrogen and oxygen atoms in total. The molecule has 0 aliphatic carbocycles. The Kier molecular flexibility index (Phi) is 6.75. The summed E-state index contributed by atoms with van der Waals surface area (Å²) in [5.74, 6) is 0. The van der Waals surface area contributed by atoms with Gasteiger partial charge in [-0.3, -0.25) is 4.90 Å². The first kappa shape index (κ1) is 16.2. The minimum absolute atomic E-state index is 0.314. The molecule has 2 aliphatic rings. The van der Waals surface area contributed by atoms with E-state index in [-0.39, 0.29) is 0 Å². The molecule has 2 saturated heterocycles. The van der Waals surface area contributed by atoms with E-state index in [1.165, 1.54) is 19.3 Å². The van der Waals surface area contributed by atoms with Gasteiger partial charge < -0.3 is 15.2 Å². The maximum absolute atomic E-state index is 9.61. The predicted octanol–water partition coefficient (Wildman–Crippen LogP) is 1.63. The van der Waals surface area contributed by atoms with Crippen LogP contribution in [0.3, 0.4) is 0 Å². The van der Waals surface area contributed by atoms with Crippen molar-refractivity contribution in [1.29, 1.82) is 0 Å². The van der Waals surface area contributed by atoms with Crippen molar-refractivity contribution in [3.8, 4) is 0 Å². The topological polar surface area (TPSA) is 44.7 Å². The second-order valence-corrected chi connectivity index (χ2v) is 6.59. The van der Waals surface area contributed by atoms with E-state index in [2.05, 4.69) is 17.1 Å². The van der Waals surface area contributed by atoms with Gasteiger partial charge in [-0.25, -0.2) is 0 Å². The van der Waals surface area contributed by atoms with Crippen LogP contribution in [0.2, 0.25) is 0 Å². The van der Waals surface area contributed by atoms with Crippen LogP contribution in [0.25, 0.3) is 0 Å². The summed E-state index contributed by atoms with van der Waals surface area (Å²) in [6.45, 7) is 8.80. The van der Waals surface area contributed by atoms with Crippen LogP contribution >= 0.6 is 0 Å². The van der Waals surface area contributed by atoms with E-state index in [1.807, 2.05) is 0 Å². The Morgan fingerprint density at radius 3 is 2.80 bits per heavy atom. The van der Waals surface area contributed by atoms with Crippen molar-refractivity contribution in [3.63, 3.8) is 0 Å². The monoisotopic (exact) mass is 284 g/mol. The molecule has 0 spiro atoms. The van der Waals surface area contributed by atoms with Gasteiger partial charge in [-0.1, -0.05) is 13.3 Å². The van der Waals surface area contributed by atoms with Gasteiger partial charge in [0.25, 0.3) is 0 Å². The van der Waals surface area contributed by atoms with Gasteiger partial charge in [0, 0.05) is 32.3 Å². The zero-order valence-electron chi connectivity index (χ0n) is 13.1. The number of ether oxygens (including phenoxy) is 1. The molecule has 2 N–H and O–H groups in total. The van der Waals surface area contributed by atoms with Gasteiger partial charge in [0.15, 0.2) is 0 Å². The molecule has 0 bridgehead atoms. The van der Waals surface area contributed by atoms with Crippen LogP contribution in [-0.2, 0) is 4.74 Å². The van der Waals surface area contributed by atoms with Crippen LogP contribution in [0.15, 0.2) is 0 Å². The molecular weight excluding hydrogens is 252 g/mol. The molecule has 20 heavy (non-hydrogen) atoms. The molecule has 0 saturated carbocycles. The highest BCUT2D eigenvalue weighted by Crippen LogP contribution is 2.33. The molecule has 0 radical (unpaired) electrons. The number of nitrogens with one attached hydrogen (secondary N) is 1. The highest BCUT2D eigenvalue weighted by atomic mass is 16.5. The van der Waals surface area contributed by atoms with Gasteiger partial charge in [-0.2, -0.15) is 0 Å². The molecule has 1 unspecified atom stereocenters. The molecule has 0 aromatic heterocycles. The Morgan fingerprint density at radius 2 is 2.10 bits per heavy atom. The Morgan fingerprint density at radius 1 is 1.30 bits per heavy atom. The molecule has 0 aromatic carbocycles. The van der Waals surface area contributed by atoms with Crippen molar-refractivity contribution < 1.29 is 9.84 Å². The van der Waals surface area contributed by atoms with E-state index in [1.54, 1.807) is 0 Å². The van der Waals surface area contributed by atoms with Crippen molar-refractivity contribution in [2.45, 2.75) is 51.5 Å². The smallest absolute Gasteiger partial charge is 0.0586 e. The summed E-state index contributed by atoms with van der Waals surface area (Å²) in [5, 5.41) is 13.2. The summed E-state index contributed by atoms with van der Waals surface area (Å²) in [4.78, 5) is 2.54. The van der Waals surface area contributed by atoms with Crippen LogP contribution in [0, 0.1) is 5.41 Å². The molecule has 4 heteroatoms. The number of hydrogen-bond acceptors (Lipinski definition) is 4. The van der Waals surface area contributed by atoms with E-state index in [4.69, 9.17) is 4.74 Å². The fraction of sp³-hybridized carbons (Fsp3) is 1.00. The lowest BCUT2D eigenvalue weighted by atomic mass is 9.78. The van der Waals surface area contributed by atoms with Crippen LogP contribution < -0.4 is 5.32 Å². The fourth-order valence-electron chi connectivity index (χ4n) is 3.63. The average Bonchev–Trinajstić information content (AvgIpc) is 2.49. The first-order valence-electron chi connectivity index (χ1n) is 8.43. The number of aliphatic hydroxyl groups excluding tert-OH is 1. The summed E-state index contributed by atoms with van der Waals surface area (Å²) >= 11 is 0. The van der Waals surface area contributed by atoms with Crippen LogP contribution in [0.5, 0.6) is 0 Å².